The molecule has 2 aromatic rings. The molecule has 0 nitrogen and oxygen atoms in total. The Bertz CT molecular complexity index is 351. The summed E-state index contributed by atoms with van der Waals surface area (Å²) in [5, 5.41) is 5.06. The molecule has 0 atom stereocenters. The largest absolute Gasteiger partial charge is 0.134 e. The van der Waals surface area contributed by atoms with Gasteiger partial charge in [-0.1, -0.05) is 17.7 Å². The molecule has 1 aromatic carbocycles. The molecule has 1 heterocycles. The van der Waals surface area contributed by atoms with Gasteiger partial charge in [-0.2, -0.15) is 0 Å². The average molecular weight is 168 g/mol. The zero-order chi connectivity index (χ0) is 6.97. The Kier molecular flexibility index (Phi) is 1.40. The van der Waals surface area contributed by atoms with Crippen LogP contribution in [-0.4, -0.2) is 0 Å². The molecule has 0 aliphatic rings. The molecule has 0 bridgehead atoms. The number of rotatable bonds is 0. The molecule has 0 saturated heterocycles. The van der Waals surface area contributed by atoms with Crippen molar-refractivity contribution in [2.45, 2.75) is 0 Å². The van der Waals surface area contributed by atoms with Gasteiger partial charge in [0.1, 0.15) is 0 Å². The van der Waals surface area contributed by atoms with E-state index in [0.717, 1.165) is 5.02 Å². The smallest absolute Gasteiger partial charge is 0.0455 e. The normalized spacial score (nSPS) is 10.5. The summed E-state index contributed by atoms with van der Waals surface area (Å²) in [5.74, 6) is 0. The zero-order valence-electron chi connectivity index (χ0n) is 5.10. The lowest BCUT2D eigenvalue weighted by molar-refractivity contribution is 1.85. The van der Waals surface area contributed by atoms with Crippen LogP contribution >= 0.6 is 22.9 Å². The van der Waals surface area contributed by atoms with Crippen LogP contribution < -0.4 is 0 Å². The van der Waals surface area contributed by atoms with E-state index in [1.807, 2.05) is 24.3 Å². The van der Waals surface area contributed by atoms with E-state index in [1.54, 1.807) is 11.3 Å². The van der Waals surface area contributed by atoms with Gasteiger partial charge in [0.2, 0.25) is 0 Å². The minimum absolute atomic E-state index is 0.795. The Labute approximate surface area is 68.1 Å². The lowest BCUT2D eigenvalue weighted by Gasteiger charge is -1.87. The molecule has 0 N–H and O–H groups in total. The molecule has 2 rings (SSSR count). The molecule has 0 aliphatic carbocycles. The first-order chi connectivity index (χ1) is 4.86. The Hall–Kier alpha value is -0.530. The van der Waals surface area contributed by atoms with Crippen molar-refractivity contribution in [3.05, 3.63) is 34.7 Å². The van der Waals surface area contributed by atoms with Crippen molar-refractivity contribution in [3.63, 3.8) is 0 Å². The van der Waals surface area contributed by atoms with Gasteiger partial charge in [0, 0.05) is 15.1 Å². The van der Waals surface area contributed by atoms with Crippen LogP contribution in [0.4, 0.5) is 0 Å². The quantitative estimate of drug-likeness (QED) is 0.565. The van der Waals surface area contributed by atoms with Gasteiger partial charge in [0.15, 0.2) is 0 Å². The molecular weight excluding hydrogens is 164 g/mol. The molecule has 0 saturated carbocycles. The Morgan fingerprint density at radius 2 is 2.30 bits per heavy atom. The van der Waals surface area contributed by atoms with E-state index >= 15 is 0 Å². The number of hydrogen-bond acceptors (Lipinski definition) is 1. The van der Waals surface area contributed by atoms with E-state index in [0.29, 0.717) is 0 Å². The summed E-state index contributed by atoms with van der Waals surface area (Å²) in [4.78, 5) is 0. The van der Waals surface area contributed by atoms with Gasteiger partial charge >= 0.3 is 0 Å². The summed E-state index contributed by atoms with van der Waals surface area (Å²) in [6.07, 6.45) is 0. The van der Waals surface area contributed by atoms with E-state index in [4.69, 9.17) is 11.6 Å². The van der Waals surface area contributed by atoms with Crippen molar-refractivity contribution in [2.24, 2.45) is 0 Å². The van der Waals surface area contributed by atoms with Gasteiger partial charge in [0.05, 0.1) is 0 Å². The lowest BCUT2D eigenvalue weighted by atomic mass is 10.3. The number of halogens is 1. The fourth-order valence-corrected chi connectivity index (χ4v) is 1.85. The van der Waals surface area contributed by atoms with E-state index in [2.05, 4.69) is 5.38 Å². The van der Waals surface area contributed by atoms with Gasteiger partial charge in [-0.3, -0.25) is 0 Å². The van der Waals surface area contributed by atoms with E-state index < -0.39 is 0 Å². The number of thiophene rings is 1. The summed E-state index contributed by atoms with van der Waals surface area (Å²) in [6, 6.07) is 7.82. The number of fused-ring (bicyclic) bond motifs is 1. The maximum Gasteiger partial charge on any atom is 0.0455 e. The second kappa shape index (κ2) is 2.26. The predicted molar refractivity (Wildman–Crippen MR) is 45.7 cm³/mol. The van der Waals surface area contributed by atoms with Crippen molar-refractivity contribution in [1.29, 1.82) is 0 Å². The van der Waals surface area contributed by atoms with Gasteiger partial charge in [-0.15, -0.1) is 11.3 Å². The monoisotopic (exact) mass is 167 g/mol. The molecule has 2 heteroatoms. The zero-order valence-corrected chi connectivity index (χ0v) is 6.67. The van der Waals surface area contributed by atoms with E-state index in [1.165, 1.54) is 10.1 Å². The van der Waals surface area contributed by atoms with Gasteiger partial charge in [0.25, 0.3) is 0 Å². The standard InChI is InChI=1S/C8H4ClS/c9-7-2-1-6-3-4-10-8(6)5-7/h1-3,5H. The molecule has 0 unspecified atom stereocenters. The number of hydrogen-bond donors (Lipinski definition) is 0. The van der Waals surface area contributed by atoms with Crippen LogP contribution in [0.15, 0.2) is 24.3 Å². The molecule has 10 heavy (non-hydrogen) atoms. The molecule has 49 valence electrons. The molecule has 0 amide bonds. The fraction of sp³-hybridized carbons (Fsp3) is 0. The van der Waals surface area contributed by atoms with Gasteiger partial charge in [-0.05, 0) is 23.6 Å². The third-order valence-corrected chi connectivity index (χ3v) is 2.40. The highest BCUT2D eigenvalue weighted by molar-refractivity contribution is 7.16. The highest BCUT2D eigenvalue weighted by Gasteiger charge is 1.93. The average Bonchev–Trinajstić information content (AvgIpc) is 2.33. The molecular formula is C8H4ClS. The van der Waals surface area contributed by atoms with Crippen LogP contribution in [0.25, 0.3) is 10.1 Å². The maximum atomic E-state index is 5.77. The van der Waals surface area contributed by atoms with Crippen LogP contribution in [0.3, 0.4) is 0 Å². The Balaban J connectivity index is 2.86. The summed E-state index contributed by atoms with van der Waals surface area (Å²) < 4.78 is 1.20. The lowest BCUT2D eigenvalue weighted by Crippen LogP contribution is -1.61. The first kappa shape index (κ1) is 6.20. The van der Waals surface area contributed by atoms with Crippen molar-refractivity contribution < 1.29 is 0 Å². The first-order valence-electron chi connectivity index (χ1n) is 2.91. The summed E-state index contributed by atoms with van der Waals surface area (Å²) in [6.45, 7) is 0. The Morgan fingerprint density at radius 3 is 3.20 bits per heavy atom. The second-order valence-electron chi connectivity index (χ2n) is 2.05. The highest BCUT2D eigenvalue weighted by atomic mass is 35.5. The topological polar surface area (TPSA) is 0 Å². The van der Waals surface area contributed by atoms with Crippen LogP contribution in [0.2, 0.25) is 5.02 Å². The van der Waals surface area contributed by atoms with Crippen LogP contribution in [0.1, 0.15) is 0 Å². The molecule has 1 aromatic heterocycles. The summed E-state index contributed by atoms with van der Waals surface area (Å²) >= 11 is 7.36. The maximum absolute atomic E-state index is 5.77. The molecule has 0 spiro atoms. The molecule has 0 fully saturated rings. The highest BCUT2D eigenvalue weighted by Crippen LogP contribution is 2.23. The summed E-state index contributed by atoms with van der Waals surface area (Å²) in [5.41, 5.74) is 0. The third kappa shape index (κ3) is 0.917. The fourth-order valence-electron chi connectivity index (χ4n) is 0.872. The van der Waals surface area contributed by atoms with Crippen molar-refractivity contribution in [2.75, 3.05) is 0 Å². The van der Waals surface area contributed by atoms with Crippen LogP contribution in [0.5, 0.6) is 0 Å². The van der Waals surface area contributed by atoms with Crippen molar-refractivity contribution in [1.82, 2.24) is 0 Å². The van der Waals surface area contributed by atoms with Crippen LogP contribution in [-0.2, 0) is 0 Å². The first-order valence-corrected chi connectivity index (χ1v) is 4.11. The van der Waals surface area contributed by atoms with Crippen molar-refractivity contribution in [3.8, 4) is 0 Å². The predicted octanol–water partition coefficient (Wildman–Crippen LogP) is 3.35. The minimum atomic E-state index is 0.795. The van der Waals surface area contributed by atoms with E-state index in [-0.39, 0.29) is 0 Å². The Morgan fingerprint density at radius 1 is 1.40 bits per heavy atom. The SMILES string of the molecule is Clc1ccc2c[c]sc2c1. The van der Waals surface area contributed by atoms with Gasteiger partial charge in [-0.25, -0.2) is 0 Å². The van der Waals surface area contributed by atoms with Crippen LogP contribution in [0, 0.1) is 5.38 Å². The number of benzene rings is 1. The van der Waals surface area contributed by atoms with Gasteiger partial charge < -0.3 is 0 Å². The minimum Gasteiger partial charge on any atom is -0.134 e. The second-order valence-corrected chi connectivity index (χ2v) is 3.36. The van der Waals surface area contributed by atoms with E-state index in [9.17, 15) is 0 Å². The molecule has 1 radical (unpaired) electrons. The van der Waals surface area contributed by atoms with Crippen molar-refractivity contribution >= 4 is 33.0 Å². The third-order valence-electron chi connectivity index (χ3n) is 1.36. The molecule has 0 aliphatic heterocycles. The summed E-state index contributed by atoms with van der Waals surface area (Å²) in [7, 11) is 0.